The van der Waals surface area contributed by atoms with Crippen molar-refractivity contribution >= 4 is 0 Å². The molecule has 0 aliphatic heterocycles. The van der Waals surface area contributed by atoms with E-state index in [0.717, 1.165) is 24.2 Å². The van der Waals surface area contributed by atoms with Gasteiger partial charge >= 0.3 is 0 Å². The molecule has 22 heavy (non-hydrogen) atoms. The van der Waals surface area contributed by atoms with Crippen molar-refractivity contribution in [2.24, 2.45) is 0 Å². The maximum atomic E-state index is 9.85. The van der Waals surface area contributed by atoms with Crippen LogP contribution in [0.5, 0.6) is 5.75 Å². The third kappa shape index (κ3) is 3.01. The molecule has 0 spiro atoms. The molecule has 112 valence electrons. The highest BCUT2D eigenvalue weighted by molar-refractivity contribution is 5.32. The predicted molar refractivity (Wildman–Crippen MR) is 85.8 cm³/mol. The zero-order valence-corrected chi connectivity index (χ0v) is 12.6. The lowest BCUT2D eigenvalue weighted by Crippen LogP contribution is -2.10. The van der Waals surface area contributed by atoms with Gasteiger partial charge in [0.05, 0.1) is 6.04 Å². The maximum absolute atomic E-state index is 9.85. The van der Waals surface area contributed by atoms with Crippen LogP contribution in [0, 0.1) is 0 Å². The first-order valence-corrected chi connectivity index (χ1v) is 7.46. The van der Waals surface area contributed by atoms with E-state index in [9.17, 15) is 5.11 Å². The first kappa shape index (κ1) is 14.3. The Kier molecular flexibility index (Phi) is 4.19. The number of nitrogens with zero attached hydrogens (tertiary/aromatic N) is 3. The van der Waals surface area contributed by atoms with E-state index in [0.29, 0.717) is 5.75 Å². The maximum Gasteiger partial charge on any atom is 0.133 e. The minimum absolute atomic E-state index is 0.190. The van der Waals surface area contributed by atoms with Crippen molar-refractivity contribution in [3.63, 3.8) is 0 Å². The Labute approximate surface area is 130 Å². The molecule has 0 unspecified atom stereocenters. The van der Waals surface area contributed by atoms with Crippen LogP contribution in [0.1, 0.15) is 29.9 Å². The molecule has 2 aromatic carbocycles. The summed E-state index contributed by atoms with van der Waals surface area (Å²) in [6.45, 7) is 2.14. The van der Waals surface area contributed by atoms with Crippen LogP contribution in [-0.2, 0) is 12.8 Å². The minimum Gasteiger partial charge on any atom is -0.508 e. The third-order valence-electron chi connectivity index (χ3n) is 3.96. The van der Waals surface area contributed by atoms with E-state index in [2.05, 4.69) is 33.8 Å². The van der Waals surface area contributed by atoms with E-state index in [1.165, 1.54) is 5.56 Å². The van der Waals surface area contributed by atoms with Crippen molar-refractivity contribution in [1.29, 1.82) is 0 Å². The number of rotatable bonds is 5. The summed E-state index contributed by atoms with van der Waals surface area (Å²) in [6, 6.07) is 17.9. The average Bonchev–Trinajstić information content (AvgIpc) is 3.03. The van der Waals surface area contributed by atoms with Gasteiger partial charge in [0, 0.05) is 6.42 Å². The van der Waals surface area contributed by atoms with Crippen molar-refractivity contribution in [2.75, 3.05) is 0 Å². The fraction of sp³-hybridized carbons (Fsp3) is 0.222. The molecule has 4 nitrogen and oxygen atoms in total. The Balaban J connectivity index is 1.77. The molecule has 0 bridgehead atoms. The second kappa shape index (κ2) is 6.43. The second-order valence-corrected chi connectivity index (χ2v) is 5.37. The molecule has 0 aliphatic carbocycles. The summed E-state index contributed by atoms with van der Waals surface area (Å²) < 4.78 is 2.09. The van der Waals surface area contributed by atoms with Gasteiger partial charge in [0.25, 0.3) is 0 Å². The number of hydrogen-bond acceptors (Lipinski definition) is 3. The number of benzene rings is 2. The first-order chi connectivity index (χ1) is 10.8. The molecule has 0 fully saturated rings. The van der Waals surface area contributed by atoms with Gasteiger partial charge < -0.3 is 9.67 Å². The van der Waals surface area contributed by atoms with Crippen molar-refractivity contribution in [2.45, 2.75) is 25.8 Å². The predicted octanol–water partition coefficient (Wildman–Crippen LogP) is 3.38. The van der Waals surface area contributed by atoms with Crippen molar-refractivity contribution in [3.05, 3.63) is 77.9 Å². The van der Waals surface area contributed by atoms with Crippen LogP contribution in [-0.4, -0.2) is 19.9 Å². The largest absolute Gasteiger partial charge is 0.508 e. The van der Waals surface area contributed by atoms with Gasteiger partial charge in [-0.15, -0.1) is 10.2 Å². The molecule has 1 aromatic heterocycles. The van der Waals surface area contributed by atoms with Crippen LogP contribution >= 0.6 is 0 Å². The molecular weight excluding hydrogens is 274 g/mol. The number of hydrogen-bond donors (Lipinski definition) is 1. The van der Waals surface area contributed by atoms with Crippen LogP contribution in [0.25, 0.3) is 0 Å². The lowest BCUT2D eigenvalue weighted by Gasteiger charge is -2.16. The monoisotopic (exact) mass is 293 g/mol. The number of aromatic nitrogens is 3. The lowest BCUT2D eigenvalue weighted by atomic mass is 10.1. The van der Waals surface area contributed by atoms with Gasteiger partial charge in [0.2, 0.25) is 0 Å². The van der Waals surface area contributed by atoms with Crippen molar-refractivity contribution in [3.8, 4) is 5.75 Å². The summed E-state index contributed by atoms with van der Waals surface area (Å²) >= 11 is 0. The number of para-hydroxylation sites is 1. The Hall–Kier alpha value is -2.62. The van der Waals surface area contributed by atoms with Gasteiger partial charge in [-0.25, -0.2) is 0 Å². The molecule has 3 aromatic rings. The van der Waals surface area contributed by atoms with Crippen molar-refractivity contribution in [1.82, 2.24) is 14.8 Å². The Morgan fingerprint density at radius 2 is 1.73 bits per heavy atom. The van der Waals surface area contributed by atoms with Crippen LogP contribution in [0.3, 0.4) is 0 Å². The molecule has 4 heteroatoms. The van der Waals surface area contributed by atoms with Crippen LogP contribution in [0.15, 0.2) is 60.9 Å². The average molecular weight is 293 g/mol. The molecule has 0 radical (unpaired) electrons. The third-order valence-corrected chi connectivity index (χ3v) is 3.96. The fourth-order valence-corrected chi connectivity index (χ4v) is 2.63. The van der Waals surface area contributed by atoms with E-state index in [1.807, 2.05) is 36.4 Å². The Bertz CT molecular complexity index is 737. The molecule has 3 rings (SSSR count). The van der Waals surface area contributed by atoms with E-state index in [4.69, 9.17) is 0 Å². The van der Waals surface area contributed by atoms with E-state index >= 15 is 0 Å². The summed E-state index contributed by atoms with van der Waals surface area (Å²) in [5.74, 6) is 1.27. The van der Waals surface area contributed by atoms with Gasteiger partial charge in [-0.1, -0.05) is 48.5 Å². The molecule has 0 amide bonds. The van der Waals surface area contributed by atoms with E-state index < -0.39 is 0 Å². The molecule has 1 heterocycles. The molecule has 1 atom stereocenters. The molecular formula is C18H19N3O. The molecule has 0 saturated heterocycles. The number of phenols is 1. The molecule has 1 N–H and O–H groups in total. The molecule has 0 saturated carbocycles. The second-order valence-electron chi connectivity index (χ2n) is 5.37. The van der Waals surface area contributed by atoms with Gasteiger partial charge in [0.15, 0.2) is 0 Å². The first-order valence-electron chi connectivity index (χ1n) is 7.46. The van der Waals surface area contributed by atoms with Crippen LogP contribution < -0.4 is 0 Å². The quantitative estimate of drug-likeness (QED) is 0.784. The topological polar surface area (TPSA) is 50.9 Å². The van der Waals surface area contributed by atoms with Gasteiger partial charge in [-0.05, 0) is 30.5 Å². The zero-order valence-electron chi connectivity index (χ0n) is 12.6. The van der Waals surface area contributed by atoms with Gasteiger partial charge in [-0.2, -0.15) is 0 Å². The number of aromatic hydroxyl groups is 1. The van der Waals surface area contributed by atoms with Gasteiger partial charge in [0.1, 0.15) is 17.9 Å². The lowest BCUT2D eigenvalue weighted by molar-refractivity contribution is 0.467. The summed E-state index contributed by atoms with van der Waals surface area (Å²) in [4.78, 5) is 0. The summed E-state index contributed by atoms with van der Waals surface area (Å²) in [5.41, 5.74) is 2.16. The zero-order chi connectivity index (χ0) is 15.4. The standard InChI is InChI=1S/C18H19N3O/c1-14(15-7-3-2-4-8-15)21-13-19-20-18(21)12-11-16-9-5-6-10-17(16)22/h2-10,13-14,22H,11-12H2,1H3/t14-/m0/s1. The van der Waals surface area contributed by atoms with E-state index in [1.54, 1.807) is 12.4 Å². The highest BCUT2D eigenvalue weighted by atomic mass is 16.3. The summed E-state index contributed by atoms with van der Waals surface area (Å²) in [6.07, 6.45) is 3.26. The summed E-state index contributed by atoms with van der Waals surface area (Å²) in [5, 5.41) is 18.1. The van der Waals surface area contributed by atoms with Crippen LogP contribution in [0.4, 0.5) is 0 Å². The van der Waals surface area contributed by atoms with Crippen LogP contribution in [0.2, 0.25) is 0 Å². The Morgan fingerprint density at radius 3 is 2.50 bits per heavy atom. The summed E-state index contributed by atoms with van der Waals surface area (Å²) in [7, 11) is 0. The normalized spacial score (nSPS) is 12.2. The Morgan fingerprint density at radius 1 is 1.00 bits per heavy atom. The smallest absolute Gasteiger partial charge is 0.133 e. The molecule has 0 aliphatic rings. The van der Waals surface area contributed by atoms with Gasteiger partial charge in [-0.3, -0.25) is 0 Å². The fourth-order valence-electron chi connectivity index (χ4n) is 2.63. The van der Waals surface area contributed by atoms with E-state index in [-0.39, 0.29) is 6.04 Å². The SMILES string of the molecule is C[C@@H](c1ccccc1)n1cnnc1CCc1ccccc1O. The van der Waals surface area contributed by atoms with Crippen molar-refractivity contribution < 1.29 is 5.11 Å². The highest BCUT2D eigenvalue weighted by Gasteiger charge is 2.13. The number of aryl methyl sites for hydroxylation is 2. The number of phenolic OH excluding ortho intramolecular Hbond substituents is 1. The minimum atomic E-state index is 0.190. The highest BCUT2D eigenvalue weighted by Crippen LogP contribution is 2.21.